The zero-order valence-corrected chi connectivity index (χ0v) is 15.8. The van der Waals surface area contributed by atoms with Crippen LogP contribution in [0.2, 0.25) is 10.0 Å². The molecule has 0 aromatic heterocycles. The van der Waals surface area contributed by atoms with Crippen LogP contribution in [-0.2, 0) is 17.6 Å². The second-order valence-corrected chi connectivity index (χ2v) is 6.97. The maximum atomic E-state index is 12.8. The van der Waals surface area contributed by atoms with Gasteiger partial charge in [-0.25, -0.2) is 0 Å². The minimum Gasteiger partial charge on any atom is -0.396 e. The number of rotatable bonds is 8. The third-order valence-electron chi connectivity index (χ3n) is 4.25. The fraction of sp³-hybridized carbons (Fsp3) is 0.350. The van der Waals surface area contributed by atoms with Crippen LogP contribution >= 0.6 is 23.2 Å². The molecular formula is C20H23Cl2NO2. The van der Waals surface area contributed by atoms with Crippen molar-refractivity contribution >= 4 is 29.1 Å². The van der Waals surface area contributed by atoms with Crippen molar-refractivity contribution in [2.75, 3.05) is 20.2 Å². The van der Waals surface area contributed by atoms with Crippen LogP contribution in [0.3, 0.4) is 0 Å². The summed E-state index contributed by atoms with van der Waals surface area (Å²) in [4.78, 5) is 14.5. The molecule has 0 aliphatic rings. The van der Waals surface area contributed by atoms with Crippen molar-refractivity contribution in [1.82, 2.24) is 4.90 Å². The molecular weight excluding hydrogens is 357 g/mol. The summed E-state index contributed by atoms with van der Waals surface area (Å²) in [7, 11) is 1.81. The highest BCUT2D eigenvalue weighted by molar-refractivity contribution is 6.42. The molecule has 0 bridgehead atoms. The SMILES string of the molecule is CN(CCc1ccccc1)C(=O)C(CCO)Cc1ccc(Cl)c(Cl)c1. The Hall–Kier alpha value is -1.55. The van der Waals surface area contributed by atoms with Gasteiger partial charge in [0.25, 0.3) is 0 Å². The van der Waals surface area contributed by atoms with E-state index in [1.165, 1.54) is 5.56 Å². The first-order valence-electron chi connectivity index (χ1n) is 8.35. The van der Waals surface area contributed by atoms with Crippen LogP contribution in [0, 0.1) is 5.92 Å². The maximum Gasteiger partial charge on any atom is 0.225 e. The number of amides is 1. The fourth-order valence-electron chi connectivity index (χ4n) is 2.78. The smallest absolute Gasteiger partial charge is 0.225 e. The van der Waals surface area contributed by atoms with Gasteiger partial charge in [0.2, 0.25) is 5.91 Å². The molecule has 0 fully saturated rings. The zero-order chi connectivity index (χ0) is 18.2. The van der Waals surface area contributed by atoms with Crippen molar-refractivity contribution in [1.29, 1.82) is 0 Å². The number of likely N-dealkylation sites (N-methyl/N-ethyl adjacent to an activating group) is 1. The highest BCUT2D eigenvalue weighted by atomic mass is 35.5. The van der Waals surface area contributed by atoms with Crippen LogP contribution < -0.4 is 0 Å². The van der Waals surface area contributed by atoms with Crippen molar-refractivity contribution < 1.29 is 9.90 Å². The minimum absolute atomic E-state index is 0.0236. The lowest BCUT2D eigenvalue weighted by atomic mass is 9.95. The summed E-state index contributed by atoms with van der Waals surface area (Å²) < 4.78 is 0. The van der Waals surface area contributed by atoms with Gasteiger partial charge in [0.15, 0.2) is 0 Å². The molecule has 1 amide bonds. The molecule has 2 rings (SSSR count). The molecule has 0 heterocycles. The summed E-state index contributed by atoms with van der Waals surface area (Å²) in [6.45, 7) is 0.621. The molecule has 25 heavy (non-hydrogen) atoms. The first kappa shape index (κ1) is 19.8. The van der Waals surface area contributed by atoms with Gasteiger partial charge in [-0.1, -0.05) is 59.6 Å². The van der Waals surface area contributed by atoms with Gasteiger partial charge in [-0.15, -0.1) is 0 Å². The number of benzene rings is 2. The molecule has 5 heteroatoms. The van der Waals surface area contributed by atoms with Crippen LogP contribution in [0.1, 0.15) is 17.5 Å². The van der Waals surface area contributed by atoms with Crippen molar-refractivity contribution in [3.8, 4) is 0 Å². The van der Waals surface area contributed by atoms with Crippen molar-refractivity contribution in [3.63, 3.8) is 0 Å². The Kier molecular flexibility index (Phi) is 7.76. The topological polar surface area (TPSA) is 40.5 Å². The average molecular weight is 380 g/mol. The van der Waals surface area contributed by atoms with Gasteiger partial charge in [0.05, 0.1) is 10.0 Å². The van der Waals surface area contributed by atoms with Gasteiger partial charge < -0.3 is 10.0 Å². The quantitative estimate of drug-likeness (QED) is 0.744. The van der Waals surface area contributed by atoms with Gasteiger partial charge in [0, 0.05) is 26.1 Å². The number of aliphatic hydroxyl groups is 1. The number of aliphatic hydroxyl groups excluding tert-OH is 1. The molecule has 0 spiro atoms. The summed E-state index contributed by atoms with van der Waals surface area (Å²) in [6, 6.07) is 15.5. The Balaban J connectivity index is 1.99. The number of nitrogens with zero attached hydrogens (tertiary/aromatic N) is 1. The predicted molar refractivity (Wildman–Crippen MR) is 103 cm³/mol. The summed E-state index contributed by atoms with van der Waals surface area (Å²) in [6.07, 6.45) is 1.77. The van der Waals surface area contributed by atoms with E-state index in [1.807, 2.05) is 31.3 Å². The molecule has 3 nitrogen and oxygen atoms in total. The number of carbonyl (C=O) groups is 1. The lowest BCUT2D eigenvalue weighted by molar-refractivity contribution is -0.134. The summed E-state index contributed by atoms with van der Waals surface area (Å²) >= 11 is 12.0. The molecule has 2 aromatic rings. The second-order valence-electron chi connectivity index (χ2n) is 6.16. The lowest BCUT2D eigenvalue weighted by Gasteiger charge is -2.24. The largest absolute Gasteiger partial charge is 0.396 e. The van der Waals surface area contributed by atoms with E-state index in [9.17, 15) is 9.90 Å². The highest BCUT2D eigenvalue weighted by Crippen LogP contribution is 2.25. The van der Waals surface area contributed by atoms with Crippen LogP contribution in [0.25, 0.3) is 0 Å². The molecule has 1 N–H and O–H groups in total. The van der Waals surface area contributed by atoms with E-state index in [0.717, 1.165) is 12.0 Å². The van der Waals surface area contributed by atoms with E-state index in [-0.39, 0.29) is 18.4 Å². The normalized spacial score (nSPS) is 12.0. The Morgan fingerprint density at radius 2 is 1.80 bits per heavy atom. The Morgan fingerprint density at radius 3 is 2.44 bits per heavy atom. The molecule has 0 saturated carbocycles. The number of hydrogen-bond acceptors (Lipinski definition) is 2. The van der Waals surface area contributed by atoms with Gasteiger partial charge in [0.1, 0.15) is 0 Å². The van der Waals surface area contributed by atoms with Crippen molar-refractivity contribution in [2.45, 2.75) is 19.3 Å². The van der Waals surface area contributed by atoms with E-state index < -0.39 is 0 Å². The van der Waals surface area contributed by atoms with Crippen LogP contribution in [0.15, 0.2) is 48.5 Å². The molecule has 1 atom stereocenters. The first-order valence-corrected chi connectivity index (χ1v) is 9.10. The van der Waals surface area contributed by atoms with Gasteiger partial charge in [-0.2, -0.15) is 0 Å². The molecule has 1 unspecified atom stereocenters. The maximum absolute atomic E-state index is 12.8. The lowest BCUT2D eigenvalue weighted by Crippen LogP contribution is -2.35. The molecule has 0 aliphatic carbocycles. The summed E-state index contributed by atoms with van der Waals surface area (Å²) in [5.41, 5.74) is 2.14. The molecule has 0 saturated heterocycles. The number of carbonyl (C=O) groups excluding carboxylic acids is 1. The fourth-order valence-corrected chi connectivity index (χ4v) is 3.10. The van der Waals surface area contributed by atoms with Crippen molar-refractivity contribution in [3.05, 3.63) is 69.7 Å². The number of hydrogen-bond donors (Lipinski definition) is 1. The average Bonchev–Trinajstić information content (AvgIpc) is 2.62. The second kappa shape index (κ2) is 9.81. The van der Waals surface area contributed by atoms with E-state index in [0.29, 0.717) is 29.4 Å². The monoisotopic (exact) mass is 379 g/mol. The van der Waals surface area contributed by atoms with E-state index in [4.69, 9.17) is 23.2 Å². The van der Waals surface area contributed by atoms with Gasteiger partial charge in [-0.05, 0) is 42.5 Å². The standard InChI is InChI=1S/C20H23Cl2NO2/c1-23(11-9-15-5-3-2-4-6-15)20(25)17(10-12-24)13-16-7-8-18(21)19(22)14-16/h2-8,14,17,24H,9-13H2,1H3. The zero-order valence-electron chi connectivity index (χ0n) is 14.3. The van der Waals surface area contributed by atoms with Crippen LogP contribution in [-0.4, -0.2) is 36.1 Å². The minimum atomic E-state index is -0.275. The molecule has 0 radical (unpaired) electrons. The molecule has 0 aliphatic heterocycles. The molecule has 134 valence electrons. The van der Waals surface area contributed by atoms with E-state index >= 15 is 0 Å². The first-order chi connectivity index (χ1) is 12.0. The summed E-state index contributed by atoms with van der Waals surface area (Å²) in [5.74, 6) is -0.237. The van der Waals surface area contributed by atoms with Crippen LogP contribution in [0.4, 0.5) is 0 Å². The van der Waals surface area contributed by atoms with E-state index in [2.05, 4.69) is 12.1 Å². The third kappa shape index (κ3) is 6.03. The Labute approximate surface area is 159 Å². The number of halogens is 2. The van der Waals surface area contributed by atoms with Gasteiger partial charge in [-0.3, -0.25) is 4.79 Å². The Morgan fingerprint density at radius 1 is 1.08 bits per heavy atom. The third-order valence-corrected chi connectivity index (χ3v) is 4.99. The highest BCUT2D eigenvalue weighted by Gasteiger charge is 2.22. The molecule has 2 aromatic carbocycles. The predicted octanol–water partition coefficient (Wildman–Crippen LogP) is 4.24. The summed E-state index contributed by atoms with van der Waals surface area (Å²) in [5, 5.41) is 10.3. The van der Waals surface area contributed by atoms with Gasteiger partial charge >= 0.3 is 0 Å². The van der Waals surface area contributed by atoms with E-state index in [1.54, 1.807) is 17.0 Å². The Bertz CT molecular complexity index is 691. The van der Waals surface area contributed by atoms with Crippen LogP contribution in [0.5, 0.6) is 0 Å². The van der Waals surface area contributed by atoms with Crippen molar-refractivity contribution in [2.24, 2.45) is 5.92 Å².